The standard InChI is InChI=1S/C17H27N3/c1-19-9-7-16(8-10-19)20(2)13-14-11-15-5-3-4-6-17(15)18-12-14/h3-6,14,16,18H,7-13H2,1-2H3. The summed E-state index contributed by atoms with van der Waals surface area (Å²) in [4.78, 5) is 5.05. The molecular weight excluding hydrogens is 246 g/mol. The van der Waals surface area contributed by atoms with Gasteiger partial charge in [-0.05, 0) is 64.0 Å². The van der Waals surface area contributed by atoms with Crippen molar-refractivity contribution in [2.24, 2.45) is 5.92 Å². The average Bonchev–Trinajstić information content (AvgIpc) is 2.48. The Bertz CT molecular complexity index is 438. The first-order chi connectivity index (χ1) is 9.72. The Morgan fingerprint density at radius 1 is 1.25 bits per heavy atom. The molecule has 2 aliphatic rings. The van der Waals surface area contributed by atoms with Crippen LogP contribution in [0.4, 0.5) is 5.69 Å². The van der Waals surface area contributed by atoms with E-state index in [0.717, 1.165) is 18.5 Å². The molecule has 110 valence electrons. The van der Waals surface area contributed by atoms with E-state index in [1.807, 2.05) is 0 Å². The van der Waals surface area contributed by atoms with Gasteiger partial charge in [0.25, 0.3) is 0 Å². The van der Waals surface area contributed by atoms with Crippen LogP contribution in [0.5, 0.6) is 0 Å². The second kappa shape index (κ2) is 6.15. The van der Waals surface area contributed by atoms with Crippen molar-refractivity contribution in [2.75, 3.05) is 45.6 Å². The maximum atomic E-state index is 3.59. The number of nitrogens with zero attached hydrogens (tertiary/aromatic N) is 2. The number of piperidine rings is 1. The van der Waals surface area contributed by atoms with Gasteiger partial charge in [0.05, 0.1) is 0 Å². The van der Waals surface area contributed by atoms with Crippen molar-refractivity contribution in [1.82, 2.24) is 9.80 Å². The molecule has 0 bridgehead atoms. The van der Waals surface area contributed by atoms with E-state index < -0.39 is 0 Å². The lowest BCUT2D eigenvalue weighted by atomic mass is 9.92. The van der Waals surface area contributed by atoms with Crippen LogP contribution >= 0.6 is 0 Å². The van der Waals surface area contributed by atoms with E-state index >= 15 is 0 Å². The number of hydrogen-bond acceptors (Lipinski definition) is 3. The topological polar surface area (TPSA) is 18.5 Å². The minimum absolute atomic E-state index is 0.745. The minimum Gasteiger partial charge on any atom is -0.384 e. The van der Waals surface area contributed by atoms with Crippen molar-refractivity contribution in [3.05, 3.63) is 29.8 Å². The van der Waals surface area contributed by atoms with Crippen molar-refractivity contribution >= 4 is 5.69 Å². The molecule has 1 aromatic rings. The van der Waals surface area contributed by atoms with Gasteiger partial charge in [0.15, 0.2) is 0 Å². The first-order valence-corrected chi connectivity index (χ1v) is 7.93. The highest BCUT2D eigenvalue weighted by Gasteiger charge is 2.24. The fourth-order valence-corrected chi connectivity index (χ4v) is 3.63. The molecule has 1 unspecified atom stereocenters. The molecule has 0 aliphatic carbocycles. The Kier molecular flexibility index (Phi) is 4.27. The van der Waals surface area contributed by atoms with E-state index in [1.54, 1.807) is 0 Å². The fraction of sp³-hybridized carbons (Fsp3) is 0.647. The summed E-state index contributed by atoms with van der Waals surface area (Å²) >= 11 is 0. The summed E-state index contributed by atoms with van der Waals surface area (Å²) in [7, 11) is 4.55. The minimum atomic E-state index is 0.745. The predicted octanol–water partition coefficient (Wildman–Crippen LogP) is 2.30. The highest BCUT2D eigenvalue weighted by Crippen LogP contribution is 2.25. The summed E-state index contributed by atoms with van der Waals surface area (Å²) < 4.78 is 0. The molecule has 1 atom stereocenters. The molecule has 0 saturated carbocycles. The van der Waals surface area contributed by atoms with Crippen molar-refractivity contribution in [1.29, 1.82) is 0 Å². The second-order valence-electron chi connectivity index (χ2n) is 6.58. The van der Waals surface area contributed by atoms with Gasteiger partial charge in [-0.15, -0.1) is 0 Å². The Morgan fingerprint density at radius 2 is 2.00 bits per heavy atom. The summed E-state index contributed by atoms with van der Waals surface area (Å²) in [6.07, 6.45) is 3.87. The Morgan fingerprint density at radius 3 is 2.80 bits per heavy atom. The maximum absolute atomic E-state index is 3.59. The van der Waals surface area contributed by atoms with Crippen LogP contribution in [0.25, 0.3) is 0 Å². The fourth-order valence-electron chi connectivity index (χ4n) is 3.63. The van der Waals surface area contributed by atoms with Crippen LogP contribution in [0.1, 0.15) is 18.4 Å². The van der Waals surface area contributed by atoms with E-state index in [1.165, 1.54) is 50.1 Å². The Labute approximate surface area is 123 Å². The molecule has 1 fully saturated rings. The second-order valence-corrected chi connectivity index (χ2v) is 6.58. The lowest BCUT2D eigenvalue weighted by Crippen LogP contribution is -2.45. The number of hydrogen-bond donors (Lipinski definition) is 1. The molecule has 2 aliphatic heterocycles. The van der Waals surface area contributed by atoms with E-state index in [2.05, 4.69) is 53.5 Å². The zero-order valence-corrected chi connectivity index (χ0v) is 12.8. The largest absolute Gasteiger partial charge is 0.384 e. The molecule has 0 spiro atoms. The number of rotatable bonds is 3. The lowest BCUT2D eigenvalue weighted by molar-refractivity contribution is 0.130. The van der Waals surface area contributed by atoms with E-state index in [9.17, 15) is 0 Å². The zero-order chi connectivity index (χ0) is 13.9. The third kappa shape index (κ3) is 3.15. The number of benzene rings is 1. The molecule has 0 aromatic heterocycles. The van der Waals surface area contributed by atoms with E-state index in [4.69, 9.17) is 0 Å². The molecular formula is C17H27N3. The van der Waals surface area contributed by atoms with E-state index in [0.29, 0.717) is 0 Å². The maximum Gasteiger partial charge on any atom is 0.0372 e. The van der Waals surface area contributed by atoms with Gasteiger partial charge in [-0.2, -0.15) is 0 Å². The molecule has 3 heteroatoms. The van der Waals surface area contributed by atoms with Crippen molar-refractivity contribution in [2.45, 2.75) is 25.3 Å². The van der Waals surface area contributed by atoms with E-state index in [-0.39, 0.29) is 0 Å². The molecule has 3 nitrogen and oxygen atoms in total. The highest BCUT2D eigenvalue weighted by molar-refractivity contribution is 5.53. The number of nitrogens with one attached hydrogen (secondary N) is 1. The molecule has 1 saturated heterocycles. The summed E-state index contributed by atoms with van der Waals surface area (Å²) in [6, 6.07) is 9.53. The third-order valence-electron chi connectivity index (χ3n) is 4.96. The molecule has 20 heavy (non-hydrogen) atoms. The molecule has 2 heterocycles. The van der Waals surface area contributed by atoms with Gasteiger partial charge in [0.2, 0.25) is 0 Å². The van der Waals surface area contributed by atoms with Crippen LogP contribution in [0, 0.1) is 5.92 Å². The summed E-state index contributed by atoms with van der Waals surface area (Å²) in [6.45, 7) is 4.84. The van der Waals surface area contributed by atoms with Crippen molar-refractivity contribution in [3.8, 4) is 0 Å². The quantitative estimate of drug-likeness (QED) is 0.911. The monoisotopic (exact) mass is 273 g/mol. The van der Waals surface area contributed by atoms with Crippen LogP contribution < -0.4 is 5.32 Å². The Balaban J connectivity index is 1.54. The number of fused-ring (bicyclic) bond motifs is 1. The molecule has 3 rings (SSSR count). The zero-order valence-electron chi connectivity index (χ0n) is 12.8. The molecule has 1 aromatic carbocycles. The van der Waals surface area contributed by atoms with Crippen LogP contribution in [-0.4, -0.2) is 56.1 Å². The van der Waals surface area contributed by atoms with Gasteiger partial charge in [-0.1, -0.05) is 18.2 Å². The SMILES string of the molecule is CN1CCC(N(C)CC2CNc3ccccc3C2)CC1. The van der Waals surface area contributed by atoms with Crippen LogP contribution in [-0.2, 0) is 6.42 Å². The van der Waals surface area contributed by atoms with Crippen LogP contribution in [0.2, 0.25) is 0 Å². The number of para-hydroxylation sites is 1. The smallest absolute Gasteiger partial charge is 0.0372 e. The van der Waals surface area contributed by atoms with Gasteiger partial charge in [-0.25, -0.2) is 0 Å². The van der Waals surface area contributed by atoms with Crippen molar-refractivity contribution < 1.29 is 0 Å². The summed E-state index contributed by atoms with van der Waals surface area (Å²) in [5.41, 5.74) is 2.83. The van der Waals surface area contributed by atoms with Gasteiger partial charge in [0.1, 0.15) is 0 Å². The predicted molar refractivity (Wildman–Crippen MR) is 85.3 cm³/mol. The van der Waals surface area contributed by atoms with Gasteiger partial charge < -0.3 is 15.1 Å². The lowest BCUT2D eigenvalue weighted by Gasteiger charge is -2.37. The van der Waals surface area contributed by atoms with Crippen LogP contribution in [0.15, 0.2) is 24.3 Å². The molecule has 0 radical (unpaired) electrons. The highest BCUT2D eigenvalue weighted by atomic mass is 15.2. The van der Waals surface area contributed by atoms with Gasteiger partial charge in [-0.3, -0.25) is 0 Å². The Hall–Kier alpha value is -1.06. The number of anilines is 1. The van der Waals surface area contributed by atoms with Gasteiger partial charge >= 0.3 is 0 Å². The first-order valence-electron chi connectivity index (χ1n) is 7.93. The first kappa shape index (κ1) is 13.9. The third-order valence-corrected chi connectivity index (χ3v) is 4.96. The normalized spacial score (nSPS) is 24.4. The van der Waals surface area contributed by atoms with Crippen molar-refractivity contribution in [3.63, 3.8) is 0 Å². The van der Waals surface area contributed by atoms with Crippen LogP contribution in [0.3, 0.4) is 0 Å². The average molecular weight is 273 g/mol. The van der Waals surface area contributed by atoms with Gasteiger partial charge in [0, 0.05) is 24.8 Å². The summed E-state index contributed by atoms with van der Waals surface area (Å²) in [5.74, 6) is 0.745. The molecule has 1 N–H and O–H groups in total. The molecule has 0 amide bonds. The summed E-state index contributed by atoms with van der Waals surface area (Å²) in [5, 5.41) is 3.59. The number of likely N-dealkylation sites (tertiary alicyclic amines) is 1.